The Morgan fingerprint density at radius 2 is 1.59 bits per heavy atom. The average Bonchev–Trinajstić information content (AvgIpc) is 3.61. The smallest absolute Gasteiger partial charge is 0.411 e. The molecule has 0 aliphatic carbocycles. The van der Waals surface area contributed by atoms with Crippen LogP contribution in [0.3, 0.4) is 0 Å². The highest BCUT2D eigenvalue weighted by atomic mass is 16.6. The van der Waals surface area contributed by atoms with E-state index in [1.165, 1.54) is 0 Å². The van der Waals surface area contributed by atoms with Gasteiger partial charge in [-0.1, -0.05) is 60.7 Å². The third-order valence-electron chi connectivity index (χ3n) is 7.86. The van der Waals surface area contributed by atoms with E-state index >= 15 is 0 Å². The van der Waals surface area contributed by atoms with Crippen molar-refractivity contribution in [2.45, 2.75) is 25.5 Å². The summed E-state index contributed by atoms with van der Waals surface area (Å²) in [6.07, 6.45) is 2.54. The molecule has 4 N–H and O–H groups in total. The first-order valence-electron chi connectivity index (χ1n) is 15.7. The number of hydrogen-bond donors (Lipinski definition) is 4. The van der Waals surface area contributed by atoms with E-state index in [2.05, 4.69) is 26.2 Å². The number of nitrogens with one attached hydrogen (secondary N) is 4. The molecule has 10 nitrogen and oxygen atoms in total. The first-order chi connectivity index (χ1) is 22.5. The Kier molecular flexibility index (Phi) is 12.1. The zero-order valence-electron chi connectivity index (χ0n) is 25.9. The lowest BCUT2D eigenvalue weighted by Gasteiger charge is -2.31. The fourth-order valence-electron chi connectivity index (χ4n) is 5.37. The lowest BCUT2D eigenvalue weighted by molar-refractivity contribution is 0.0593. The second-order valence-corrected chi connectivity index (χ2v) is 11.2. The Morgan fingerprint density at radius 1 is 0.804 bits per heavy atom. The van der Waals surface area contributed by atoms with E-state index < -0.39 is 6.09 Å². The van der Waals surface area contributed by atoms with Gasteiger partial charge in [0.25, 0.3) is 5.91 Å². The van der Waals surface area contributed by atoms with Crippen LogP contribution in [0.4, 0.5) is 10.5 Å². The van der Waals surface area contributed by atoms with Gasteiger partial charge in [-0.15, -0.1) is 0 Å². The molecule has 0 unspecified atom stereocenters. The molecule has 4 aromatic rings. The maximum absolute atomic E-state index is 12.8. The average molecular weight is 624 g/mol. The number of carbonyl (C=O) groups is 3. The van der Waals surface area contributed by atoms with Gasteiger partial charge in [-0.05, 0) is 48.7 Å². The zero-order valence-corrected chi connectivity index (χ0v) is 25.9. The molecule has 0 radical (unpaired) electrons. The largest absolute Gasteiger partial charge is 0.468 e. The number of furan rings is 1. The Labute approximate surface area is 269 Å². The molecule has 0 bridgehead atoms. The summed E-state index contributed by atoms with van der Waals surface area (Å²) in [5.74, 6) is 0.551. The molecule has 240 valence electrons. The van der Waals surface area contributed by atoms with Crippen LogP contribution in [-0.4, -0.2) is 74.6 Å². The second kappa shape index (κ2) is 17.1. The lowest BCUT2D eigenvalue weighted by atomic mass is 10.0. The van der Waals surface area contributed by atoms with Gasteiger partial charge in [-0.25, -0.2) is 4.79 Å². The number of benzene rings is 3. The Morgan fingerprint density at radius 3 is 2.39 bits per heavy atom. The number of carbonyl (C=O) groups excluding carboxylic acids is 3. The predicted molar refractivity (Wildman–Crippen MR) is 178 cm³/mol. The van der Waals surface area contributed by atoms with Crippen molar-refractivity contribution < 1.29 is 23.5 Å². The minimum Gasteiger partial charge on any atom is -0.468 e. The topological polar surface area (TPSA) is 125 Å². The third kappa shape index (κ3) is 9.87. The van der Waals surface area contributed by atoms with Gasteiger partial charge in [-0.2, -0.15) is 0 Å². The molecule has 5 rings (SSSR count). The van der Waals surface area contributed by atoms with Crippen LogP contribution in [0, 0.1) is 0 Å². The summed E-state index contributed by atoms with van der Waals surface area (Å²) >= 11 is 0. The van der Waals surface area contributed by atoms with Crippen LogP contribution in [0.15, 0.2) is 102 Å². The molecule has 10 heteroatoms. The van der Waals surface area contributed by atoms with Gasteiger partial charge in [0.15, 0.2) is 5.78 Å². The molecule has 0 spiro atoms. The molecule has 1 aromatic heterocycles. The highest BCUT2D eigenvalue weighted by Crippen LogP contribution is 2.28. The van der Waals surface area contributed by atoms with Crippen molar-refractivity contribution in [1.82, 2.24) is 20.9 Å². The van der Waals surface area contributed by atoms with Crippen molar-refractivity contribution in [3.8, 4) is 11.1 Å². The molecule has 2 heterocycles. The molecule has 2 amide bonds. The van der Waals surface area contributed by atoms with E-state index in [4.69, 9.17) is 9.15 Å². The Bertz CT molecular complexity index is 1550. The molecule has 1 aliphatic heterocycles. The normalized spacial score (nSPS) is 13.7. The molecule has 3 aromatic carbocycles. The number of ketones is 1. The second-order valence-electron chi connectivity index (χ2n) is 11.2. The molecule has 1 aliphatic rings. The summed E-state index contributed by atoms with van der Waals surface area (Å²) in [4.78, 5) is 40.3. The highest BCUT2D eigenvalue weighted by Gasteiger charge is 2.22. The summed E-state index contributed by atoms with van der Waals surface area (Å²) in [6, 6.07) is 28.2. The van der Waals surface area contributed by atoms with Crippen LogP contribution in [0.1, 0.15) is 39.3 Å². The van der Waals surface area contributed by atoms with E-state index in [1.807, 2.05) is 66.7 Å². The number of hydrogen-bond acceptors (Lipinski definition) is 8. The van der Waals surface area contributed by atoms with Gasteiger partial charge < -0.3 is 30.0 Å². The standard InChI is InChI=1S/C36H41N5O5/c42-34(28-10-6-11-29(24-28)35(43)39-18-17-37-25-31-12-7-23-45-31)26-38-19-22-41-20-15-30(16-21-41)46-36(44)40-33-14-5-4-13-32(33)27-8-2-1-3-9-27/h1-14,23-24,30,37-38H,15-22,25-26H2,(H,39,43)(H,40,44). The number of anilines is 1. The van der Waals surface area contributed by atoms with E-state index in [9.17, 15) is 14.4 Å². The van der Waals surface area contributed by atoms with Crippen LogP contribution >= 0.6 is 0 Å². The van der Waals surface area contributed by atoms with Gasteiger partial charge in [0.05, 0.1) is 25.0 Å². The maximum atomic E-state index is 12.8. The molecule has 1 saturated heterocycles. The lowest BCUT2D eigenvalue weighted by Crippen LogP contribution is -2.42. The minimum atomic E-state index is -0.443. The summed E-state index contributed by atoms with van der Waals surface area (Å²) in [7, 11) is 0. The molecular formula is C36H41N5O5. The molecule has 46 heavy (non-hydrogen) atoms. The van der Waals surface area contributed by atoms with Gasteiger partial charge >= 0.3 is 6.09 Å². The fraction of sp³-hybridized carbons (Fsp3) is 0.306. The summed E-state index contributed by atoms with van der Waals surface area (Å²) in [5.41, 5.74) is 3.65. The van der Waals surface area contributed by atoms with E-state index in [-0.39, 0.29) is 24.3 Å². The summed E-state index contributed by atoms with van der Waals surface area (Å²) in [5, 5.41) is 12.2. The summed E-state index contributed by atoms with van der Waals surface area (Å²) < 4.78 is 11.0. The van der Waals surface area contributed by atoms with Crippen molar-refractivity contribution in [1.29, 1.82) is 0 Å². The minimum absolute atomic E-state index is 0.0678. The maximum Gasteiger partial charge on any atom is 0.411 e. The number of para-hydroxylation sites is 1. The number of Topliss-reactive ketones (excluding diaryl/α,β-unsaturated/α-hetero) is 1. The van der Waals surface area contributed by atoms with Crippen LogP contribution in [0.5, 0.6) is 0 Å². The van der Waals surface area contributed by atoms with E-state index in [0.29, 0.717) is 37.3 Å². The van der Waals surface area contributed by atoms with Crippen molar-refractivity contribution in [2.24, 2.45) is 0 Å². The van der Waals surface area contributed by atoms with E-state index in [0.717, 1.165) is 55.1 Å². The number of piperidine rings is 1. The van der Waals surface area contributed by atoms with Crippen molar-refractivity contribution in [3.63, 3.8) is 0 Å². The third-order valence-corrected chi connectivity index (χ3v) is 7.86. The van der Waals surface area contributed by atoms with Crippen molar-refractivity contribution in [2.75, 3.05) is 51.1 Å². The molecule has 1 fully saturated rings. The van der Waals surface area contributed by atoms with Gasteiger partial charge in [0, 0.05) is 56.0 Å². The quantitative estimate of drug-likeness (QED) is 0.108. The van der Waals surface area contributed by atoms with Crippen molar-refractivity contribution >= 4 is 23.5 Å². The summed E-state index contributed by atoms with van der Waals surface area (Å²) in [6.45, 7) is 4.89. The van der Waals surface area contributed by atoms with Gasteiger partial charge in [0.1, 0.15) is 11.9 Å². The SMILES string of the molecule is O=C(Nc1ccccc1-c1ccccc1)OC1CCN(CCNCC(=O)c2cccc(C(=O)NCCNCc3ccco3)c2)CC1. The molecule has 0 saturated carbocycles. The number of ether oxygens (including phenoxy) is 1. The molecule has 0 atom stereocenters. The number of amides is 2. The Balaban J connectivity index is 0.959. The molecular weight excluding hydrogens is 582 g/mol. The fourth-order valence-corrected chi connectivity index (χ4v) is 5.37. The number of rotatable bonds is 15. The first-order valence-corrected chi connectivity index (χ1v) is 15.7. The monoisotopic (exact) mass is 623 g/mol. The number of likely N-dealkylation sites (tertiary alicyclic amines) is 1. The zero-order chi connectivity index (χ0) is 32.0. The van der Waals surface area contributed by atoms with Crippen LogP contribution in [-0.2, 0) is 11.3 Å². The van der Waals surface area contributed by atoms with Gasteiger partial charge in [0.2, 0.25) is 0 Å². The van der Waals surface area contributed by atoms with Crippen LogP contribution in [0.2, 0.25) is 0 Å². The first kappa shape index (κ1) is 32.6. The van der Waals surface area contributed by atoms with Crippen LogP contribution in [0.25, 0.3) is 11.1 Å². The predicted octanol–water partition coefficient (Wildman–Crippen LogP) is 4.95. The van der Waals surface area contributed by atoms with E-state index in [1.54, 1.807) is 30.5 Å². The van der Waals surface area contributed by atoms with Crippen LogP contribution < -0.4 is 21.3 Å². The Hall–Kier alpha value is -4.77. The van der Waals surface area contributed by atoms with Crippen molar-refractivity contribution in [3.05, 3.63) is 114 Å². The number of nitrogens with zero attached hydrogens (tertiary/aromatic N) is 1. The highest BCUT2D eigenvalue weighted by molar-refractivity contribution is 6.01. The van der Waals surface area contributed by atoms with Gasteiger partial charge in [-0.3, -0.25) is 14.9 Å².